The molecule has 2 aliphatic heterocycles. The van der Waals surface area contributed by atoms with Crippen molar-refractivity contribution in [3.63, 3.8) is 0 Å². The second-order valence-corrected chi connectivity index (χ2v) is 10.9. The highest BCUT2D eigenvalue weighted by molar-refractivity contribution is 7.92. The quantitative estimate of drug-likeness (QED) is 0.774. The van der Waals surface area contributed by atoms with E-state index in [0.29, 0.717) is 25.4 Å². The van der Waals surface area contributed by atoms with Gasteiger partial charge in [0.2, 0.25) is 10.0 Å². The van der Waals surface area contributed by atoms with Gasteiger partial charge in [-0.15, -0.1) is 12.4 Å². The summed E-state index contributed by atoms with van der Waals surface area (Å²) < 4.78 is 56.6. The van der Waals surface area contributed by atoms with E-state index in [1.807, 2.05) is 24.3 Å². The van der Waals surface area contributed by atoms with Gasteiger partial charge in [-0.05, 0) is 18.9 Å². The SMILES string of the molecule is COc1ccccc1C1CNCCN1S(=O)(=O)C1CCS(=O)(=O)CC1.Cl. The Kier molecular flexibility index (Phi) is 6.95. The lowest BCUT2D eigenvalue weighted by Crippen LogP contribution is -2.52. The molecule has 0 amide bonds. The van der Waals surface area contributed by atoms with Crippen LogP contribution in [0.5, 0.6) is 5.75 Å². The molecule has 1 unspecified atom stereocenters. The minimum Gasteiger partial charge on any atom is -0.496 e. The third-order valence-corrected chi connectivity index (χ3v) is 9.06. The van der Waals surface area contributed by atoms with Crippen molar-refractivity contribution in [1.82, 2.24) is 9.62 Å². The number of nitrogens with zero attached hydrogens (tertiary/aromatic N) is 1. The first-order valence-corrected chi connectivity index (χ1v) is 11.7. The van der Waals surface area contributed by atoms with Crippen molar-refractivity contribution < 1.29 is 21.6 Å². The average molecular weight is 425 g/mol. The van der Waals surface area contributed by atoms with Crippen molar-refractivity contribution in [2.24, 2.45) is 0 Å². The molecule has 0 aliphatic carbocycles. The molecular formula is C16H25ClN2O5S2. The maximum atomic E-state index is 13.2. The number of benzene rings is 1. The molecule has 1 aromatic carbocycles. The largest absolute Gasteiger partial charge is 0.496 e. The molecule has 0 aromatic heterocycles. The van der Waals surface area contributed by atoms with E-state index in [2.05, 4.69) is 5.32 Å². The first-order chi connectivity index (χ1) is 11.8. The maximum absolute atomic E-state index is 13.2. The van der Waals surface area contributed by atoms with Crippen LogP contribution in [0.3, 0.4) is 0 Å². The molecule has 2 saturated heterocycles. The molecular weight excluding hydrogens is 400 g/mol. The van der Waals surface area contributed by atoms with Gasteiger partial charge in [0, 0.05) is 25.2 Å². The van der Waals surface area contributed by atoms with E-state index >= 15 is 0 Å². The van der Waals surface area contributed by atoms with Gasteiger partial charge in [-0.1, -0.05) is 18.2 Å². The van der Waals surface area contributed by atoms with Crippen molar-refractivity contribution in [1.29, 1.82) is 0 Å². The molecule has 3 rings (SSSR count). The molecule has 1 aromatic rings. The van der Waals surface area contributed by atoms with Gasteiger partial charge in [-0.2, -0.15) is 4.31 Å². The van der Waals surface area contributed by atoms with Crippen LogP contribution in [0.4, 0.5) is 0 Å². The zero-order valence-electron chi connectivity index (χ0n) is 14.6. The van der Waals surface area contributed by atoms with E-state index in [1.54, 1.807) is 7.11 Å². The summed E-state index contributed by atoms with van der Waals surface area (Å²) in [6.45, 7) is 1.45. The van der Waals surface area contributed by atoms with Crippen LogP contribution < -0.4 is 10.1 Å². The summed E-state index contributed by atoms with van der Waals surface area (Å²) in [7, 11) is -5.11. The topological polar surface area (TPSA) is 92.8 Å². The van der Waals surface area contributed by atoms with Gasteiger partial charge >= 0.3 is 0 Å². The molecule has 0 saturated carbocycles. The molecule has 0 bridgehead atoms. The predicted octanol–water partition coefficient (Wildman–Crippen LogP) is 0.970. The molecule has 10 heteroatoms. The molecule has 2 fully saturated rings. The van der Waals surface area contributed by atoms with E-state index in [0.717, 1.165) is 5.56 Å². The summed E-state index contributed by atoms with van der Waals surface area (Å²) in [5.74, 6) is 0.549. The number of sulfone groups is 1. The van der Waals surface area contributed by atoms with Crippen molar-refractivity contribution in [2.75, 3.05) is 38.2 Å². The fourth-order valence-corrected chi connectivity index (χ4v) is 7.45. The number of sulfonamides is 1. The van der Waals surface area contributed by atoms with Crippen molar-refractivity contribution in [2.45, 2.75) is 24.1 Å². The normalized spacial score (nSPS) is 24.6. The first kappa shape index (κ1) is 21.4. The Balaban J connectivity index is 0.00000243. The van der Waals surface area contributed by atoms with Crippen LogP contribution in [-0.2, 0) is 19.9 Å². The van der Waals surface area contributed by atoms with E-state index < -0.39 is 25.1 Å². The molecule has 2 aliphatic rings. The number of rotatable bonds is 4. The van der Waals surface area contributed by atoms with Crippen LogP contribution >= 0.6 is 12.4 Å². The van der Waals surface area contributed by atoms with Crippen LogP contribution in [0.2, 0.25) is 0 Å². The molecule has 0 spiro atoms. The Morgan fingerprint density at radius 1 is 1.19 bits per heavy atom. The number of nitrogens with one attached hydrogen (secondary N) is 1. The van der Waals surface area contributed by atoms with Crippen LogP contribution in [-0.4, -0.2) is 64.6 Å². The number of halogens is 1. The van der Waals surface area contributed by atoms with Gasteiger partial charge in [0.05, 0.1) is 29.9 Å². The van der Waals surface area contributed by atoms with Crippen LogP contribution in [0.25, 0.3) is 0 Å². The summed E-state index contributed by atoms with van der Waals surface area (Å²) in [4.78, 5) is 0. The molecule has 2 heterocycles. The number of piperazine rings is 1. The van der Waals surface area contributed by atoms with Crippen molar-refractivity contribution >= 4 is 32.3 Å². The van der Waals surface area contributed by atoms with Crippen LogP contribution in [0.1, 0.15) is 24.4 Å². The fourth-order valence-electron chi connectivity index (χ4n) is 3.55. The Hall–Kier alpha value is -0.870. The maximum Gasteiger partial charge on any atom is 0.217 e. The summed E-state index contributed by atoms with van der Waals surface area (Å²) >= 11 is 0. The predicted molar refractivity (Wildman–Crippen MR) is 103 cm³/mol. The minimum absolute atomic E-state index is 0. The van der Waals surface area contributed by atoms with E-state index in [9.17, 15) is 16.8 Å². The van der Waals surface area contributed by atoms with Gasteiger partial charge in [0.15, 0.2) is 0 Å². The minimum atomic E-state index is -3.58. The lowest BCUT2D eigenvalue weighted by molar-refractivity contribution is 0.261. The highest BCUT2D eigenvalue weighted by Gasteiger charge is 2.41. The van der Waals surface area contributed by atoms with E-state index in [1.165, 1.54) is 4.31 Å². The summed E-state index contributed by atoms with van der Waals surface area (Å²) in [5, 5.41) is 2.61. The Bertz CT molecular complexity index is 815. The second kappa shape index (κ2) is 8.43. The summed E-state index contributed by atoms with van der Waals surface area (Å²) in [5.41, 5.74) is 0.823. The highest BCUT2D eigenvalue weighted by atomic mass is 35.5. The zero-order valence-corrected chi connectivity index (χ0v) is 17.1. The second-order valence-electron chi connectivity index (χ2n) is 6.47. The zero-order chi connectivity index (χ0) is 18.1. The smallest absolute Gasteiger partial charge is 0.217 e. The van der Waals surface area contributed by atoms with Gasteiger partial charge in [-0.3, -0.25) is 0 Å². The number of hydrogen-bond donors (Lipinski definition) is 1. The average Bonchev–Trinajstić information content (AvgIpc) is 2.61. The monoisotopic (exact) mass is 424 g/mol. The number of hydrogen-bond acceptors (Lipinski definition) is 6. The molecule has 0 radical (unpaired) electrons. The van der Waals surface area contributed by atoms with Crippen LogP contribution in [0.15, 0.2) is 24.3 Å². The van der Waals surface area contributed by atoms with E-state index in [-0.39, 0.29) is 42.8 Å². The Morgan fingerprint density at radius 2 is 1.85 bits per heavy atom. The fraction of sp³-hybridized carbons (Fsp3) is 0.625. The third kappa shape index (κ3) is 4.33. The van der Waals surface area contributed by atoms with Gasteiger partial charge in [0.1, 0.15) is 15.6 Å². The first-order valence-electron chi connectivity index (χ1n) is 8.40. The third-order valence-electron chi connectivity index (χ3n) is 4.94. The number of ether oxygens (including phenoxy) is 1. The molecule has 26 heavy (non-hydrogen) atoms. The van der Waals surface area contributed by atoms with Crippen LogP contribution in [0, 0.1) is 0 Å². The Morgan fingerprint density at radius 3 is 2.50 bits per heavy atom. The lowest BCUT2D eigenvalue weighted by Gasteiger charge is -2.38. The van der Waals surface area contributed by atoms with Gasteiger partial charge in [0.25, 0.3) is 0 Å². The lowest BCUT2D eigenvalue weighted by atomic mass is 10.0. The molecule has 148 valence electrons. The van der Waals surface area contributed by atoms with Crippen molar-refractivity contribution in [3.05, 3.63) is 29.8 Å². The van der Waals surface area contributed by atoms with Gasteiger partial charge in [-0.25, -0.2) is 16.8 Å². The number of para-hydroxylation sites is 1. The summed E-state index contributed by atoms with van der Waals surface area (Å²) in [6, 6.07) is 7.06. The Labute approximate surface area is 161 Å². The van der Waals surface area contributed by atoms with E-state index in [4.69, 9.17) is 4.74 Å². The molecule has 1 N–H and O–H groups in total. The molecule has 7 nitrogen and oxygen atoms in total. The number of methoxy groups -OCH3 is 1. The van der Waals surface area contributed by atoms with Crippen molar-refractivity contribution in [3.8, 4) is 5.75 Å². The standard InChI is InChI=1S/C16H24N2O5S2.ClH/c1-23-16-5-3-2-4-14(16)15-12-17-8-9-18(15)25(21,22)13-6-10-24(19,20)11-7-13;/h2-5,13,15,17H,6-12H2,1H3;1H. The highest BCUT2D eigenvalue weighted by Crippen LogP contribution is 2.34. The summed E-state index contributed by atoms with van der Waals surface area (Å²) in [6.07, 6.45) is 0.348. The van der Waals surface area contributed by atoms with Gasteiger partial charge < -0.3 is 10.1 Å². The molecule has 1 atom stereocenters.